The highest BCUT2D eigenvalue weighted by Gasteiger charge is 2.26. The molecule has 2 amide bonds. The molecule has 3 N–H and O–H groups in total. The highest BCUT2D eigenvalue weighted by atomic mass is 32.2. The Morgan fingerprint density at radius 1 is 1.17 bits per heavy atom. The molecule has 0 spiro atoms. The summed E-state index contributed by atoms with van der Waals surface area (Å²) in [5.41, 5.74) is 7.66. The van der Waals surface area contributed by atoms with Crippen molar-refractivity contribution >= 4 is 34.7 Å². The van der Waals surface area contributed by atoms with E-state index in [4.69, 9.17) is 5.73 Å². The van der Waals surface area contributed by atoms with E-state index in [1.165, 1.54) is 0 Å². The molecular weight excluding hydrogens is 324 g/mol. The van der Waals surface area contributed by atoms with Gasteiger partial charge in [-0.2, -0.15) is 0 Å². The first-order chi connectivity index (χ1) is 11.7. The summed E-state index contributed by atoms with van der Waals surface area (Å²) in [6, 6.07) is 8.01. The summed E-state index contributed by atoms with van der Waals surface area (Å²) in [5, 5.41) is 1.99. The second-order valence-corrected chi connectivity index (χ2v) is 6.90. The van der Waals surface area contributed by atoms with Crippen molar-refractivity contribution in [2.45, 2.75) is 6.42 Å². The lowest BCUT2D eigenvalue weighted by atomic mass is 10.1. The zero-order valence-electron chi connectivity index (χ0n) is 13.5. The largest absolute Gasteiger partial charge is 0.368 e. The average Bonchev–Trinajstić information content (AvgIpc) is 2.91. The summed E-state index contributed by atoms with van der Waals surface area (Å²) >= 11 is 0.956. The number of piperazine rings is 1. The van der Waals surface area contributed by atoms with Gasteiger partial charge in [-0.25, -0.2) is 0 Å². The summed E-state index contributed by atoms with van der Waals surface area (Å²) in [4.78, 5) is 28.3. The smallest absolute Gasteiger partial charge is 0.290 e. The van der Waals surface area contributed by atoms with E-state index in [-0.39, 0.29) is 11.1 Å². The van der Waals surface area contributed by atoms with E-state index in [9.17, 15) is 9.59 Å². The maximum Gasteiger partial charge on any atom is 0.290 e. The summed E-state index contributed by atoms with van der Waals surface area (Å²) < 4.78 is 0. The number of carbonyl (C=O) groups excluding carboxylic acids is 2. The lowest BCUT2D eigenvalue weighted by Crippen LogP contribution is -2.47. The van der Waals surface area contributed by atoms with Crippen molar-refractivity contribution in [3.63, 3.8) is 0 Å². The van der Waals surface area contributed by atoms with Crippen molar-refractivity contribution in [3.8, 4) is 0 Å². The van der Waals surface area contributed by atoms with Crippen molar-refractivity contribution in [3.05, 3.63) is 34.7 Å². The predicted molar refractivity (Wildman–Crippen MR) is 97.9 cm³/mol. The Hall–Kier alpha value is -1.83. The lowest BCUT2D eigenvalue weighted by Gasteiger charge is -2.36. The molecule has 0 atom stereocenters. The predicted octanol–water partition coefficient (Wildman–Crippen LogP) is 1.48. The van der Waals surface area contributed by atoms with Gasteiger partial charge in [-0.1, -0.05) is 18.2 Å². The second-order valence-electron chi connectivity index (χ2n) is 5.88. The molecule has 2 saturated heterocycles. The van der Waals surface area contributed by atoms with Gasteiger partial charge in [-0.15, -0.1) is 0 Å². The van der Waals surface area contributed by atoms with Gasteiger partial charge in [0, 0.05) is 31.9 Å². The number of rotatable bonds is 5. The van der Waals surface area contributed by atoms with Crippen LogP contribution in [0, 0.1) is 0 Å². The molecule has 3 rings (SSSR count). The molecule has 2 aliphatic heterocycles. The van der Waals surface area contributed by atoms with Gasteiger partial charge in [0.05, 0.1) is 4.91 Å². The Morgan fingerprint density at radius 3 is 2.58 bits per heavy atom. The average molecular weight is 346 g/mol. The van der Waals surface area contributed by atoms with Gasteiger partial charge >= 0.3 is 0 Å². The van der Waals surface area contributed by atoms with Crippen molar-refractivity contribution < 1.29 is 9.59 Å². The number of para-hydroxylation sites is 1. The van der Waals surface area contributed by atoms with Crippen molar-refractivity contribution in [1.29, 1.82) is 0 Å². The van der Waals surface area contributed by atoms with Crippen LogP contribution in [0.3, 0.4) is 0 Å². The summed E-state index contributed by atoms with van der Waals surface area (Å²) in [7, 11) is 0. The van der Waals surface area contributed by atoms with Gasteiger partial charge < -0.3 is 10.6 Å². The number of benzene rings is 1. The third kappa shape index (κ3) is 3.98. The Kier molecular flexibility index (Phi) is 5.55. The van der Waals surface area contributed by atoms with Gasteiger partial charge in [0.15, 0.2) is 0 Å². The van der Waals surface area contributed by atoms with Gasteiger partial charge in [0.1, 0.15) is 0 Å². The molecule has 7 heteroatoms. The van der Waals surface area contributed by atoms with Crippen LogP contribution in [0.1, 0.15) is 12.0 Å². The van der Waals surface area contributed by atoms with E-state index >= 15 is 0 Å². The molecule has 1 aromatic rings. The van der Waals surface area contributed by atoms with Gasteiger partial charge in [0.2, 0.25) is 0 Å². The number of anilines is 1. The maximum atomic E-state index is 11.8. The van der Waals surface area contributed by atoms with E-state index in [1.807, 2.05) is 18.2 Å². The van der Waals surface area contributed by atoms with E-state index in [2.05, 4.69) is 21.2 Å². The number of thioether (sulfide) groups is 1. The Labute approximate surface area is 146 Å². The fourth-order valence-electron chi connectivity index (χ4n) is 2.99. The molecule has 24 heavy (non-hydrogen) atoms. The van der Waals surface area contributed by atoms with Crippen LogP contribution in [-0.2, 0) is 4.79 Å². The van der Waals surface area contributed by atoms with E-state index in [1.54, 1.807) is 6.08 Å². The third-order valence-electron chi connectivity index (χ3n) is 4.26. The molecule has 6 nitrogen and oxygen atoms in total. The fraction of sp³-hybridized carbons (Fsp3) is 0.412. The standard InChI is InChI=1S/C17H22N4O2S/c18-6-3-7-20-8-10-21(11-9-20)14-5-2-1-4-13(14)12-15-16(22)19-17(23)24-15/h1-2,4-5,12H,3,6-11,18H2,(H,19,22,23). The van der Waals surface area contributed by atoms with Crippen LogP contribution in [0.2, 0.25) is 0 Å². The van der Waals surface area contributed by atoms with Gasteiger partial charge in [-0.05, 0) is 49.0 Å². The molecule has 0 aliphatic carbocycles. The molecule has 2 aliphatic rings. The van der Waals surface area contributed by atoms with Crippen molar-refractivity contribution in [2.24, 2.45) is 5.73 Å². The summed E-state index contributed by atoms with van der Waals surface area (Å²) in [6.45, 7) is 5.70. The van der Waals surface area contributed by atoms with Gasteiger partial charge in [0.25, 0.3) is 11.1 Å². The van der Waals surface area contributed by atoms with Crippen LogP contribution in [0.4, 0.5) is 10.5 Å². The van der Waals surface area contributed by atoms with Crippen LogP contribution in [0.5, 0.6) is 0 Å². The number of hydrogen-bond donors (Lipinski definition) is 2. The number of amides is 2. The molecule has 0 unspecified atom stereocenters. The molecule has 0 aromatic heterocycles. The Morgan fingerprint density at radius 2 is 1.92 bits per heavy atom. The molecule has 2 fully saturated rings. The minimum Gasteiger partial charge on any atom is -0.368 e. The van der Waals surface area contributed by atoms with Crippen LogP contribution in [-0.4, -0.2) is 55.3 Å². The minimum atomic E-state index is -0.314. The summed E-state index contributed by atoms with van der Waals surface area (Å²) in [6.07, 6.45) is 2.84. The number of nitrogens with two attached hydrogens (primary N) is 1. The monoisotopic (exact) mass is 346 g/mol. The molecule has 0 saturated carbocycles. The number of nitrogens with one attached hydrogen (secondary N) is 1. The summed E-state index contributed by atoms with van der Waals surface area (Å²) in [5.74, 6) is -0.314. The molecule has 128 valence electrons. The number of imide groups is 1. The quantitative estimate of drug-likeness (QED) is 0.787. The van der Waals surface area contributed by atoms with E-state index < -0.39 is 0 Å². The number of carbonyl (C=O) groups is 2. The van der Waals surface area contributed by atoms with Crippen LogP contribution in [0.15, 0.2) is 29.2 Å². The number of nitrogens with zero attached hydrogens (tertiary/aromatic N) is 2. The topological polar surface area (TPSA) is 78.7 Å². The Balaban J connectivity index is 1.72. The molecule has 0 radical (unpaired) electrons. The third-order valence-corrected chi connectivity index (χ3v) is 5.07. The normalized spacial score (nSPS) is 20.7. The zero-order chi connectivity index (χ0) is 16.9. The second kappa shape index (κ2) is 7.83. The van der Waals surface area contributed by atoms with Crippen LogP contribution < -0.4 is 16.0 Å². The van der Waals surface area contributed by atoms with Gasteiger partial charge in [-0.3, -0.25) is 19.8 Å². The SMILES string of the molecule is NCCCN1CCN(c2ccccc2C=C2SC(=O)NC2=O)CC1. The highest BCUT2D eigenvalue weighted by Crippen LogP contribution is 2.30. The first-order valence-corrected chi connectivity index (χ1v) is 9.00. The highest BCUT2D eigenvalue weighted by molar-refractivity contribution is 8.18. The molecular formula is C17H22N4O2S. The molecule has 0 bridgehead atoms. The van der Waals surface area contributed by atoms with Crippen LogP contribution in [0.25, 0.3) is 6.08 Å². The maximum absolute atomic E-state index is 11.8. The molecule has 2 heterocycles. The fourth-order valence-corrected chi connectivity index (χ4v) is 3.66. The number of hydrogen-bond acceptors (Lipinski definition) is 6. The van der Waals surface area contributed by atoms with Crippen molar-refractivity contribution in [1.82, 2.24) is 10.2 Å². The lowest BCUT2D eigenvalue weighted by molar-refractivity contribution is -0.115. The molecule has 1 aromatic carbocycles. The first-order valence-electron chi connectivity index (χ1n) is 8.18. The zero-order valence-corrected chi connectivity index (χ0v) is 14.3. The first kappa shape index (κ1) is 17.0. The van der Waals surface area contributed by atoms with E-state index in [0.29, 0.717) is 4.91 Å². The van der Waals surface area contributed by atoms with Crippen LogP contribution >= 0.6 is 11.8 Å². The van der Waals surface area contributed by atoms with E-state index in [0.717, 1.165) is 68.7 Å². The van der Waals surface area contributed by atoms with Crippen molar-refractivity contribution in [2.75, 3.05) is 44.2 Å². The minimum absolute atomic E-state index is 0.308. The Bertz CT molecular complexity index is 654.